The lowest BCUT2D eigenvalue weighted by molar-refractivity contribution is 1.26. The maximum Gasteiger partial charge on any atom is 0.0540 e. The van der Waals surface area contributed by atoms with Crippen molar-refractivity contribution in [3.05, 3.63) is 177 Å². The van der Waals surface area contributed by atoms with E-state index in [-0.39, 0.29) is 0 Å². The number of rotatable bonds is 9. The molecule has 0 N–H and O–H groups in total. The molecule has 6 aromatic rings. The van der Waals surface area contributed by atoms with Crippen LogP contribution in [0.3, 0.4) is 0 Å². The van der Waals surface area contributed by atoms with Crippen LogP contribution in [0.1, 0.15) is 16.7 Å². The summed E-state index contributed by atoms with van der Waals surface area (Å²) in [5, 5.41) is 0. The van der Waals surface area contributed by atoms with Crippen molar-refractivity contribution >= 4 is 83.1 Å². The van der Waals surface area contributed by atoms with Crippen LogP contribution in [-0.4, -0.2) is 0 Å². The minimum absolute atomic E-state index is 1.00. The molecule has 0 bridgehead atoms. The fourth-order valence-corrected chi connectivity index (χ4v) is 6.71. The third-order valence-corrected chi connectivity index (χ3v) is 9.64. The van der Waals surface area contributed by atoms with Crippen LogP contribution >= 0.6 is 47.8 Å². The predicted molar refractivity (Wildman–Crippen MR) is 211 cm³/mol. The zero-order valence-electron chi connectivity index (χ0n) is 25.1. The van der Waals surface area contributed by atoms with Crippen LogP contribution in [0.2, 0.25) is 0 Å². The maximum absolute atomic E-state index is 4.31. The molecule has 6 rings (SSSR count). The van der Waals surface area contributed by atoms with Crippen LogP contribution in [-0.2, 0) is 0 Å². The molecule has 4 heteroatoms. The van der Waals surface area contributed by atoms with Crippen LogP contribution < -0.4 is 4.90 Å². The van der Waals surface area contributed by atoms with Gasteiger partial charge in [0.05, 0.1) is 17.1 Å². The van der Waals surface area contributed by atoms with Gasteiger partial charge in [-0.05, 0) is 88.0 Å². The lowest BCUT2D eigenvalue weighted by Crippen LogP contribution is -2.15. The summed E-state index contributed by atoms with van der Waals surface area (Å²) in [4.78, 5) is 2.33. The number of anilines is 3. The van der Waals surface area contributed by atoms with Gasteiger partial charge < -0.3 is 4.90 Å². The van der Waals surface area contributed by atoms with E-state index in [1.807, 2.05) is 18.2 Å². The van der Waals surface area contributed by atoms with E-state index in [1.165, 1.54) is 0 Å². The molecule has 0 fully saturated rings. The smallest absolute Gasteiger partial charge is 0.0540 e. The zero-order valence-corrected chi connectivity index (χ0v) is 29.8. The minimum atomic E-state index is 1.00. The quantitative estimate of drug-likeness (QED) is 0.141. The normalized spacial score (nSPS) is 10.8. The third-order valence-electron chi connectivity index (χ3n) is 8.05. The molecule has 0 saturated heterocycles. The molecule has 0 atom stereocenters. The Balaban J connectivity index is 1.68. The number of nitrogens with zero attached hydrogens (tertiary/aromatic N) is 1. The van der Waals surface area contributed by atoms with Crippen molar-refractivity contribution < 1.29 is 0 Å². The van der Waals surface area contributed by atoms with Gasteiger partial charge in [-0.1, -0.05) is 159 Å². The summed E-state index contributed by atoms with van der Waals surface area (Å²) in [6, 6.07) is 44.5. The summed E-state index contributed by atoms with van der Waals surface area (Å²) in [6.07, 6.45) is 5.87. The summed E-state index contributed by atoms with van der Waals surface area (Å²) in [7, 11) is 0. The van der Waals surface area contributed by atoms with E-state index >= 15 is 0 Å². The summed E-state index contributed by atoms with van der Waals surface area (Å²) < 4.78 is 3.11. The third kappa shape index (κ3) is 6.26. The maximum atomic E-state index is 4.31. The molecule has 0 spiro atoms. The standard InChI is InChI=1S/C42H30Br3N/c1-4-34-37(28-16-22-31(43)23-17-28)10-7-13-40(34)46(41-14-8-11-38(35(41)5-2)29-18-24-32(44)25-19-29)42-15-9-12-39(36(42)6-3)30-20-26-33(45)27-21-30/h4-27H,1-3H2. The number of halogens is 3. The van der Waals surface area contributed by atoms with Crippen molar-refractivity contribution in [2.45, 2.75) is 0 Å². The van der Waals surface area contributed by atoms with Crippen LogP contribution in [0.5, 0.6) is 0 Å². The van der Waals surface area contributed by atoms with E-state index in [0.717, 1.165) is 80.6 Å². The van der Waals surface area contributed by atoms with Gasteiger partial charge in [0.2, 0.25) is 0 Å². The molecule has 0 radical (unpaired) electrons. The van der Waals surface area contributed by atoms with Gasteiger partial charge in [0.1, 0.15) is 0 Å². The highest BCUT2D eigenvalue weighted by Gasteiger charge is 2.24. The monoisotopic (exact) mass is 785 g/mol. The highest BCUT2D eigenvalue weighted by Crippen LogP contribution is 2.47. The van der Waals surface area contributed by atoms with Crippen molar-refractivity contribution in [3.8, 4) is 33.4 Å². The molecule has 0 aliphatic heterocycles. The summed E-state index contributed by atoms with van der Waals surface area (Å²) in [5.41, 5.74) is 12.7. The van der Waals surface area contributed by atoms with E-state index in [1.54, 1.807) is 0 Å². The Hall–Kier alpha value is -4.22. The van der Waals surface area contributed by atoms with Crippen LogP contribution in [0, 0.1) is 0 Å². The van der Waals surface area contributed by atoms with Crippen molar-refractivity contribution in [1.82, 2.24) is 0 Å². The molecule has 0 aromatic heterocycles. The van der Waals surface area contributed by atoms with Gasteiger partial charge in [0.15, 0.2) is 0 Å². The molecule has 1 nitrogen and oxygen atoms in total. The zero-order chi connectivity index (χ0) is 32.2. The molecule has 0 amide bonds. The van der Waals surface area contributed by atoms with E-state index in [9.17, 15) is 0 Å². The van der Waals surface area contributed by atoms with Gasteiger partial charge in [-0.2, -0.15) is 0 Å². The molecule has 0 aliphatic carbocycles. The van der Waals surface area contributed by atoms with Crippen LogP contribution in [0.25, 0.3) is 51.6 Å². The first-order valence-electron chi connectivity index (χ1n) is 14.8. The number of hydrogen-bond donors (Lipinski definition) is 0. The van der Waals surface area contributed by atoms with Gasteiger partial charge >= 0.3 is 0 Å². The predicted octanol–water partition coefficient (Wildman–Crippen LogP) is 14.4. The van der Waals surface area contributed by atoms with Crippen molar-refractivity contribution in [1.29, 1.82) is 0 Å². The molecule has 224 valence electrons. The van der Waals surface area contributed by atoms with E-state index in [0.29, 0.717) is 0 Å². The second kappa shape index (κ2) is 14.0. The lowest BCUT2D eigenvalue weighted by Gasteiger charge is -2.32. The summed E-state index contributed by atoms with van der Waals surface area (Å²) in [6.45, 7) is 12.9. The largest absolute Gasteiger partial charge is 0.309 e. The number of benzene rings is 6. The molecule has 0 aliphatic rings. The van der Waals surface area contributed by atoms with Gasteiger partial charge in [0, 0.05) is 30.1 Å². The van der Waals surface area contributed by atoms with Crippen molar-refractivity contribution in [3.63, 3.8) is 0 Å². The Labute approximate surface area is 296 Å². The van der Waals surface area contributed by atoms with Crippen molar-refractivity contribution in [2.24, 2.45) is 0 Å². The second-order valence-electron chi connectivity index (χ2n) is 10.7. The Morgan fingerprint density at radius 1 is 0.370 bits per heavy atom. The van der Waals surface area contributed by atoms with Gasteiger partial charge in [-0.3, -0.25) is 0 Å². The Morgan fingerprint density at radius 2 is 0.630 bits per heavy atom. The second-order valence-corrected chi connectivity index (χ2v) is 13.4. The van der Waals surface area contributed by atoms with Crippen LogP contribution in [0.4, 0.5) is 17.1 Å². The van der Waals surface area contributed by atoms with E-state index in [2.05, 4.69) is 200 Å². The van der Waals surface area contributed by atoms with E-state index in [4.69, 9.17) is 0 Å². The fourth-order valence-electron chi connectivity index (χ4n) is 5.92. The number of hydrogen-bond acceptors (Lipinski definition) is 1. The molecular formula is C42H30Br3N. The first kappa shape index (κ1) is 31.7. The van der Waals surface area contributed by atoms with Gasteiger partial charge in [-0.15, -0.1) is 0 Å². The Bertz CT molecular complexity index is 1820. The van der Waals surface area contributed by atoms with Gasteiger partial charge in [-0.25, -0.2) is 0 Å². The topological polar surface area (TPSA) is 3.24 Å². The van der Waals surface area contributed by atoms with Gasteiger partial charge in [0.25, 0.3) is 0 Å². The highest BCUT2D eigenvalue weighted by molar-refractivity contribution is 9.11. The van der Waals surface area contributed by atoms with Crippen molar-refractivity contribution in [2.75, 3.05) is 4.90 Å². The minimum Gasteiger partial charge on any atom is -0.309 e. The lowest BCUT2D eigenvalue weighted by atomic mass is 9.93. The molecule has 0 heterocycles. The summed E-state index contributed by atoms with van der Waals surface area (Å²) in [5.74, 6) is 0. The fraction of sp³-hybridized carbons (Fsp3) is 0. The first-order chi connectivity index (χ1) is 22.4. The average molecular weight is 788 g/mol. The summed E-state index contributed by atoms with van der Waals surface area (Å²) >= 11 is 10.8. The molecular weight excluding hydrogens is 758 g/mol. The molecule has 0 unspecified atom stereocenters. The molecule has 6 aromatic carbocycles. The average Bonchev–Trinajstić information content (AvgIpc) is 3.09. The van der Waals surface area contributed by atoms with E-state index < -0.39 is 0 Å². The first-order valence-corrected chi connectivity index (χ1v) is 17.2. The Morgan fingerprint density at radius 3 is 0.870 bits per heavy atom. The SMILES string of the molecule is C=Cc1c(-c2ccc(Br)cc2)cccc1N(c1cccc(-c2ccc(Br)cc2)c1C=C)c1cccc(-c2ccc(Br)cc2)c1C=C. The molecule has 0 saturated carbocycles. The Kier molecular flexibility index (Phi) is 9.70. The molecule has 46 heavy (non-hydrogen) atoms. The highest BCUT2D eigenvalue weighted by atomic mass is 79.9. The van der Waals surface area contributed by atoms with Crippen LogP contribution in [0.15, 0.2) is 161 Å².